The third-order valence-electron chi connectivity index (χ3n) is 5.08. The summed E-state index contributed by atoms with van der Waals surface area (Å²) in [5.74, 6) is -2.72. The molecule has 28 heavy (non-hydrogen) atoms. The first-order valence-electron chi connectivity index (χ1n) is 9.41. The summed E-state index contributed by atoms with van der Waals surface area (Å²) >= 11 is 6.32. The quantitative estimate of drug-likeness (QED) is 0.746. The van der Waals surface area contributed by atoms with E-state index in [4.69, 9.17) is 21.1 Å². The van der Waals surface area contributed by atoms with Crippen LogP contribution in [0.5, 0.6) is 0 Å². The Bertz CT molecular complexity index is 847. The van der Waals surface area contributed by atoms with Crippen LogP contribution in [0.25, 0.3) is 0 Å². The van der Waals surface area contributed by atoms with Gasteiger partial charge in [-0.25, -0.2) is 14.0 Å². The van der Waals surface area contributed by atoms with Crippen molar-refractivity contribution in [2.45, 2.75) is 57.7 Å². The van der Waals surface area contributed by atoms with E-state index >= 15 is 0 Å². The highest BCUT2D eigenvalue weighted by molar-refractivity contribution is 6.31. The van der Waals surface area contributed by atoms with Crippen LogP contribution in [0.2, 0.25) is 5.02 Å². The molecule has 4 rings (SSSR count). The van der Waals surface area contributed by atoms with Gasteiger partial charge in [0.15, 0.2) is 0 Å². The number of benzene rings is 1. The topological polar surface area (TPSA) is 64.6 Å². The maximum absolute atomic E-state index is 14.9. The summed E-state index contributed by atoms with van der Waals surface area (Å²) in [6, 6.07) is 4.29. The van der Waals surface area contributed by atoms with Crippen LogP contribution in [0.4, 0.5) is 4.39 Å². The zero-order valence-electron chi connectivity index (χ0n) is 15.7. The van der Waals surface area contributed by atoms with Gasteiger partial charge in [-0.2, -0.15) is 0 Å². The minimum absolute atomic E-state index is 0.0786. The smallest absolute Gasteiger partial charge is 0.337 e. The van der Waals surface area contributed by atoms with Crippen LogP contribution in [0, 0.1) is 5.82 Å². The number of carbonyl (C=O) groups excluding carboxylic acids is 2. The van der Waals surface area contributed by atoms with Gasteiger partial charge in [-0.05, 0) is 51.7 Å². The van der Waals surface area contributed by atoms with Crippen molar-refractivity contribution in [2.75, 3.05) is 0 Å². The van der Waals surface area contributed by atoms with E-state index in [1.165, 1.54) is 12.1 Å². The Hall–Kier alpha value is -2.34. The number of rotatable bonds is 5. The van der Waals surface area contributed by atoms with Gasteiger partial charge in [0.1, 0.15) is 18.0 Å². The van der Waals surface area contributed by atoms with E-state index in [1.54, 1.807) is 19.9 Å². The highest BCUT2D eigenvalue weighted by Gasteiger charge is 2.42. The van der Waals surface area contributed by atoms with E-state index in [0.717, 1.165) is 25.7 Å². The van der Waals surface area contributed by atoms with Crippen molar-refractivity contribution in [1.29, 1.82) is 0 Å². The second kappa shape index (κ2) is 7.24. The Labute approximate surface area is 167 Å². The molecule has 3 aliphatic rings. The lowest BCUT2D eigenvalue weighted by Gasteiger charge is -2.31. The van der Waals surface area contributed by atoms with Crippen molar-refractivity contribution in [3.05, 3.63) is 57.1 Å². The number of carbonyl (C=O) groups is 2. The molecule has 2 aliphatic carbocycles. The van der Waals surface area contributed by atoms with E-state index in [1.807, 2.05) is 0 Å². The Morgan fingerprint density at radius 3 is 1.93 bits per heavy atom. The number of allylic oxidation sites excluding steroid dienone is 2. The van der Waals surface area contributed by atoms with Gasteiger partial charge in [0.2, 0.25) is 0 Å². The molecule has 148 valence electrons. The fourth-order valence-corrected chi connectivity index (χ4v) is 3.68. The van der Waals surface area contributed by atoms with Crippen molar-refractivity contribution in [2.24, 2.45) is 0 Å². The lowest BCUT2D eigenvalue weighted by molar-refractivity contribution is -0.141. The highest BCUT2D eigenvalue weighted by atomic mass is 35.5. The molecule has 0 aromatic heterocycles. The van der Waals surface area contributed by atoms with Crippen LogP contribution in [0.3, 0.4) is 0 Å². The maximum atomic E-state index is 14.9. The van der Waals surface area contributed by atoms with Gasteiger partial charge >= 0.3 is 11.9 Å². The molecule has 0 amide bonds. The third kappa shape index (κ3) is 3.65. The fourth-order valence-electron chi connectivity index (χ4n) is 3.41. The van der Waals surface area contributed by atoms with Crippen LogP contribution in [-0.2, 0) is 19.1 Å². The van der Waals surface area contributed by atoms with Crippen LogP contribution in [0.15, 0.2) is 40.7 Å². The summed E-state index contributed by atoms with van der Waals surface area (Å²) in [6.45, 7) is 3.41. The van der Waals surface area contributed by atoms with Crippen LogP contribution in [0.1, 0.15) is 51.0 Å². The number of hydrogen-bond donors (Lipinski definition) is 1. The van der Waals surface area contributed by atoms with E-state index < -0.39 is 23.7 Å². The van der Waals surface area contributed by atoms with E-state index in [9.17, 15) is 14.0 Å². The first kappa shape index (κ1) is 19.0. The van der Waals surface area contributed by atoms with Crippen LogP contribution in [-0.4, -0.2) is 24.1 Å². The largest absolute Gasteiger partial charge is 0.459 e. The average molecular weight is 406 g/mol. The molecule has 0 radical (unpaired) electrons. The molecule has 0 bridgehead atoms. The van der Waals surface area contributed by atoms with Crippen molar-refractivity contribution in [1.82, 2.24) is 5.32 Å². The number of hydrogen-bond acceptors (Lipinski definition) is 5. The first-order chi connectivity index (χ1) is 13.4. The zero-order valence-corrected chi connectivity index (χ0v) is 16.4. The van der Waals surface area contributed by atoms with Gasteiger partial charge in [-0.15, -0.1) is 0 Å². The molecule has 1 aromatic carbocycles. The molecule has 2 saturated carbocycles. The highest BCUT2D eigenvalue weighted by Crippen LogP contribution is 2.44. The van der Waals surface area contributed by atoms with Gasteiger partial charge in [0.25, 0.3) is 0 Å². The molecule has 7 heteroatoms. The monoisotopic (exact) mass is 405 g/mol. The molecular weight excluding hydrogens is 385 g/mol. The second-order valence-corrected chi connectivity index (χ2v) is 7.89. The van der Waals surface area contributed by atoms with Gasteiger partial charge in [0.05, 0.1) is 17.1 Å². The molecular formula is C21H21ClFNO4. The molecule has 1 aliphatic heterocycles. The fraction of sp³-hybridized carbons (Fsp3) is 0.429. The molecule has 1 heterocycles. The number of ether oxygens (including phenoxy) is 2. The first-order valence-corrected chi connectivity index (χ1v) is 9.79. The number of halogens is 2. The Morgan fingerprint density at radius 2 is 1.50 bits per heavy atom. The Morgan fingerprint density at radius 1 is 1.00 bits per heavy atom. The normalized spacial score (nSPS) is 20.1. The predicted molar refractivity (Wildman–Crippen MR) is 101 cm³/mol. The van der Waals surface area contributed by atoms with E-state index in [-0.39, 0.29) is 33.9 Å². The number of dihydropyridines is 1. The summed E-state index contributed by atoms with van der Waals surface area (Å²) in [6.07, 6.45) is 2.98. The number of nitrogens with one attached hydrogen (secondary N) is 1. The van der Waals surface area contributed by atoms with Crippen LogP contribution < -0.4 is 5.32 Å². The molecule has 0 unspecified atom stereocenters. The molecule has 0 spiro atoms. The molecule has 1 aromatic rings. The lowest BCUT2D eigenvalue weighted by Crippen LogP contribution is -2.33. The summed E-state index contributed by atoms with van der Waals surface area (Å²) < 4.78 is 25.8. The van der Waals surface area contributed by atoms with Crippen molar-refractivity contribution in [3.63, 3.8) is 0 Å². The molecule has 2 fully saturated rings. The summed E-state index contributed by atoms with van der Waals surface area (Å²) in [4.78, 5) is 25.8. The van der Waals surface area contributed by atoms with E-state index in [2.05, 4.69) is 5.32 Å². The minimum Gasteiger partial charge on any atom is -0.459 e. The maximum Gasteiger partial charge on any atom is 0.337 e. The zero-order chi connectivity index (χ0) is 20.0. The summed E-state index contributed by atoms with van der Waals surface area (Å²) in [7, 11) is 0. The van der Waals surface area contributed by atoms with E-state index in [0.29, 0.717) is 11.4 Å². The second-order valence-electron chi connectivity index (χ2n) is 7.48. The summed E-state index contributed by atoms with van der Waals surface area (Å²) in [5.41, 5.74) is 1.47. The molecule has 0 saturated heterocycles. The van der Waals surface area contributed by atoms with Gasteiger partial charge in [-0.1, -0.05) is 17.7 Å². The van der Waals surface area contributed by atoms with Crippen molar-refractivity contribution >= 4 is 23.5 Å². The van der Waals surface area contributed by atoms with Crippen molar-refractivity contribution in [3.8, 4) is 0 Å². The SMILES string of the molecule is CC1=C(C(=O)OC2CC2)C(c2c(F)cccc2Cl)C(C(=O)OC2CC2)=C(C)N1. The van der Waals surface area contributed by atoms with Crippen molar-refractivity contribution < 1.29 is 23.5 Å². The molecule has 1 N–H and O–H groups in total. The molecule has 0 atom stereocenters. The third-order valence-corrected chi connectivity index (χ3v) is 5.41. The summed E-state index contributed by atoms with van der Waals surface area (Å²) in [5, 5.41) is 3.20. The Kier molecular flexibility index (Phi) is 4.91. The predicted octanol–water partition coefficient (Wildman–Crippen LogP) is 4.13. The van der Waals surface area contributed by atoms with Gasteiger partial charge in [-0.3, -0.25) is 0 Å². The average Bonchev–Trinajstić information content (AvgIpc) is 3.51. The molecule has 5 nitrogen and oxygen atoms in total. The van der Waals surface area contributed by atoms with Gasteiger partial charge < -0.3 is 14.8 Å². The van der Waals surface area contributed by atoms with Crippen LogP contribution >= 0.6 is 11.6 Å². The Balaban J connectivity index is 1.82. The van der Waals surface area contributed by atoms with Gasteiger partial charge in [0, 0.05) is 22.0 Å². The lowest BCUT2D eigenvalue weighted by atomic mass is 9.80. The number of esters is 2. The minimum atomic E-state index is -0.993. The standard InChI is InChI=1S/C21H21ClFNO4/c1-10-16(20(25)27-12-6-7-12)19(18-14(22)4-3-5-15(18)23)17(11(2)24-10)21(26)28-13-8-9-13/h3-5,12-13,19,24H,6-9H2,1-2H3.